The van der Waals surface area contributed by atoms with Gasteiger partial charge in [-0.15, -0.1) is 0 Å². The molecule has 0 radical (unpaired) electrons. The monoisotopic (exact) mass is 392 g/mol. The highest BCUT2D eigenvalue weighted by Gasteiger charge is 2.55. The first kappa shape index (κ1) is 19.2. The summed E-state index contributed by atoms with van der Waals surface area (Å²) in [4.78, 5) is 17.7. The maximum atomic E-state index is 13.5. The zero-order chi connectivity index (χ0) is 19.1. The SMILES string of the molecule is CN(C)C[C@@H]1CC[C@]2(COCCN(C(=O)C3(c4cccc(Cl)c4)CC3)C2)O1. The number of amides is 1. The fraction of sp³-hybridized carbons (Fsp3) is 0.667. The quantitative estimate of drug-likeness (QED) is 0.790. The van der Waals surface area contributed by atoms with Gasteiger partial charge in [-0.1, -0.05) is 23.7 Å². The summed E-state index contributed by atoms with van der Waals surface area (Å²) in [5.74, 6) is 0.203. The molecule has 148 valence electrons. The van der Waals surface area contributed by atoms with E-state index >= 15 is 0 Å². The third kappa shape index (κ3) is 3.88. The lowest BCUT2D eigenvalue weighted by atomic mass is 9.93. The minimum Gasteiger partial charge on any atom is -0.377 e. The lowest BCUT2D eigenvalue weighted by Crippen LogP contribution is -2.49. The summed E-state index contributed by atoms with van der Waals surface area (Å²) in [7, 11) is 4.13. The molecule has 1 amide bonds. The number of hydrogen-bond acceptors (Lipinski definition) is 4. The van der Waals surface area contributed by atoms with Crippen molar-refractivity contribution >= 4 is 17.5 Å². The van der Waals surface area contributed by atoms with Gasteiger partial charge >= 0.3 is 0 Å². The summed E-state index contributed by atoms with van der Waals surface area (Å²) < 4.78 is 12.3. The van der Waals surface area contributed by atoms with E-state index in [1.54, 1.807) is 0 Å². The highest BCUT2D eigenvalue weighted by molar-refractivity contribution is 6.30. The molecule has 2 aliphatic heterocycles. The molecule has 0 unspecified atom stereocenters. The first-order chi connectivity index (χ1) is 12.9. The number of ether oxygens (including phenoxy) is 2. The van der Waals surface area contributed by atoms with Gasteiger partial charge in [-0.2, -0.15) is 0 Å². The largest absolute Gasteiger partial charge is 0.377 e. The Morgan fingerprint density at radius 2 is 2.15 bits per heavy atom. The van der Waals surface area contributed by atoms with Crippen LogP contribution in [0.1, 0.15) is 31.2 Å². The van der Waals surface area contributed by atoms with Gasteiger partial charge in [0.1, 0.15) is 5.60 Å². The third-order valence-electron chi connectivity index (χ3n) is 6.08. The molecule has 0 aromatic heterocycles. The van der Waals surface area contributed by atoms with E-state index in [0.29, 0.717) is 31.3 Å². The smallest absolute Gasteiger partial charge is 0.233 e. The van der Waals surface area contributed by atoms with E-state index in [4.69, 9.17) is 21.1 Å². The van der Waals surface area contributed by atoms with Gasteiger partial charge in [0.2, 0.25) is 5.91 Å². The molecule has 4 rings (SSSR count). The van der Waals surface area contributed by atoms with Crippen molar-refractivity contribution in [2.45, 2.75) is 42.8 Å². The van der Waals surface area contributed by atoms with Crippen molar-refractivity contribution in [1.82, 2.24) is 9.80 Å². The first-order valence-corrected chi connectivity index (χ1v) is 10.3. The van der Waals surface area contributed by atoms with Crippen LogP contribution in [0.5, 0.6) is 0 Å². The fourth-order valence-electron chi connectivity index (χ4n) is 4.57. The van der Waals surface area contributed by atoms with Crippen molar-refractivity contribution in [3.63, 3.8) is 0 Å². The Balaban J connectivity index is 1.51. The van der Waals surface area contributed by atoms with E-state index in [2.05, 4.69) is 19.0 Å². The molecule has 1 aromatic carbocycles. The molecule has 0 bridgehead atoms. The number of halogens is 1. The minimum atomic E-state index is -0.405. The molecule has 1 aromatic rings. The summed E-state index contributed by atoms with van der Waals surface area (Å²) in [5.41, 5.74) is 0.270. The molecular weight excluding hydrogens is 364 g/mol. The summed E-state index contributed by atoms with van der Waals surface area (Å²) >= 11 is 6.18. The van der Waals surface area contributed by atoms with Gasteiger partial charge in [-0.3, -0.25) is 4.79 Å². The third-order valence-corrected chi connectivity index (χ3v) is 6.32. The second-order valence-electron chi connectivity index (χ2n) is 8.60. The Kier molecular flexibility index (Phi) is 5.23. The Morgan fingerprint density at radius 1 is 1.33 bits per heavy atom. The number of carbonyl (C=O) groups is 1. The molecular formula is C21H29ClN2O3. The fourth-order valence-corrected chi connectivity index (χ4v) is 4.76. The average Bonchev–Trinajstić information content (AvgIpc) is 3.37. The second-order valence-corrected chi connectivity index (χ2v) is 9.03. The predicted molar refractivity (Wildman–Crippen MR) is 105 cm³/mol. The summed E-state index contributed by atoms with van der Waals surface area (Å²) in [5, 5.41) is 0.688. The van der Waals surface area contributed by atoms with Crippen LogP contribution in [0.2, 0.25) is 5.02 Å². The van der Waals surface area contributed by atoms with E-state index in [-0.39, 0.29) is 17.6 Å². The zero-order valence-electron chi connectivity index (χ0n) is 16.2. The molecule has 0 N–H and O–H groups in total. The van der Waals surface area contributed by atoms with E-state index in [9.17, 15) is 4.79 Å². The number of carbonyl (C=O) groups excluding carboxylic acids is 1. The van der Waals surface area contributed by atoms with Gasteiger partial charge < -0.3 is 19.3 Å². The van der Waals surface area contributed by atoms with Crippen LogP contribution < -0.4 is 0 Å². The molecule has 3 aliphatic rings. The number of benzene rings is 1. The summed E-state index contributed by atoms with van der Waals surface area (Å²) in [6, 6.07) is 7.76. The van der Waals surface area contributed by atoms with Crippen LogP contribution in [0.15, 0.2) is 24.3 Å². The van der Waals surface area contributed by atoms with Crippen LogP contribution in [0.3, 0.4) is 0 Å². The van der Waals surface area contributed by atoms with Gasteiger partial charge in [0, 0.05) is 18.1 Å². The average molecular weight is 393 g/mol. The van der Waals surface area contributed by atoms with E-state index in [1.165, 1.54) is 0 Å². The maximum absolute atomic E-state index is 13.5. The molecule has 1 saturated carbocycles. The Bertz CT molecular complexity index is 706. The molecule has 6 heteroatoms. The number of hydrogen-bond donors (Lipinski definition) is 0. The van der Waals surface area contributed by atoms with Crippen LogP contribution in [-0.2, 0) is 19.7 Å². The lowest BCUT2D eigenvalue weighted by Gasteiger charge is -2.34. The van der Waals surface area contributed by atoms with Crippen molar-refractivity contribution in [2.75, 3.05) is 46.9 Å². The molecule has 5 nitrogen and oxygen atoms in total. The Morgan fingerprint density at radius 3 is 2.85 bits per heavy atom. The number of nitrogens with zero attached hydrogens (tertiary/aromatic N) is 2. The molecule has 3 fully saturated rings. The summed E-state index contributed by atoms with van der Waals surface area (Å²) in [6.07, 6.45) is 3.95. The van der Waals surface area contributed by atoms with Gasteiger partial charge in [-0.25, -0.2) is 0 Å². The zero-order valence-corrected chi connectivity index (χ0v) is 17.0. The van der Waals surface area contributed by atoms with Gasteiger partial charge in [0.05, 0.1) is 31.3 Å². The van der Waals surface area contributed by atoms with Crippen molar-refractivity contribution in [3.8, 4) is 0 Å². The second kappa shape index (κ2) is 7.36. The van der Waals surface area contributed by atoms with Gasteiger partial charge in [0.15, 0.2) is 0 Å². The van der Waals surface area contributed by atoms with Crippen molar-refractivity contribution < 1.29 is 14.3 Å². The lowest BCUT2D eigenvalue weighted by molar-refractivity contribution is -0.139. The highest BCUT2D eigenvalue weighted by Crippen LogP contribution is 2.50. The maximum Gasteiger partial charge on any atom is 0.233 e. The molecule has 2 saturated heterocycles. The topological polar surface area (TPSA) is 42.0 Å². The van der Waals surface area contributed by atoms with E-state index in [0.717, 1.165) is 37.8 Å². The molecule has 27 heavy (non-hydrogen) atoms. The van der Waals surface area contributed by atoms with Crippen LogP contribution in [0, 0.1) is 0 Å². The molecule has 2 atom stereocenters. The molecule has 2 heterocycles. The van der Waals surface area contributed by atoms with Gasteiger partial charge in [0.25, 0.3) is 0 Å². The molecule has 1 aliphatic carbocycles. The molecule has 1 spiro atoms. The summed E-state index contributed by atoms with van der Waals surface area (Å²) in [6.45, 7) is 3.30. The van der Waals surface area contributed by atoms with Crippen LogP contribution in [0.4, 0.5) is 0 Å². The Labute approximate surface area is 166 Å². The number of rotatable bonds is 4. The van der Waals surface area contributed by atoms with Crippen LogP contribution in [-0.4, -0.2) is 74.4 Å². The normalized spacial score (nSPS) is 29.9. The van der Waals surface area contributed by atoms with Crippen molar-refractivity contribution in [1.29, 1.82) is 0 Å². The van der Waals surface area contributed by atoms with Crippen molar-refractivity contribution in [3.05, 3.63) is 34.9 Å². The first-order valence-electron chi connectivity index (χ1n) is 9.88. The Hall–Kier alpha value is -1.14. The van der Waals surface area contributed by atoms with Crippen molar-refractivity contribution in [2.24, 2.45) is 0 Å². The highest BCUT2D eigenvalue weighted by atomic mass is 35.5. The van der Waals surface area contributed by atoms with E-state index < -0.39 is 5.41 Å². The standard InChI is InChI=1S/C21H29ClN2O3/c1-23(2)13-18-6-7-20(27-18)14-24(10-11-26-15-20)19(25)21(8-9-21)16-4-3-5-17(22)12-16/h3-5,12,18H,6-11,13-15H2,1-2H3/t18-,20-/m0/s1. The van der Waals surface area contributed by atoms with Crippen LogP contribution in [0.25, 0.3) is 0 Å². The number of likely N-dealkylation sites (N-methyl/N-ethyl adjacent to an activating group) is 1. The minimum absolute atomic E-state index is 0.203. The van der Waals surface area contributed by atoms with Crippen LogP contribution >= 0.6 is 11.6 Å². The predicted octanol–water partition coefficient (Wildman–Crippen LogP) is 2.71. The van der Waals surface area contributed by atoms with E-state index in [1.807, 2.05) is 29.2 Å². The van der Waals surface area contributed by atoms with Gasteiger partial charge in [-0.05, 0) is 57.5 Å².